The molecule has 0 aromatic heterocycles. The van der Waals surface area contributed by atoms with Crippen LogP contribution in [0.1, 0.15) is 6.92 Å². The quantitative estimate of drug-likeness (QED) is 0.346. The van der Waals surface area contributed by atoms with Crippen molar-refractivity contribution in [3.8, 4) is 6.07 Å². The van der Waals surface area contributed by atoms with Crippen LogP contribution in [0.25, 0.3) is 0 Å². The van der Waals surface area contributed by atoms with Crippen LogP contribution >= 0.6 is 12.4 Å². The van der Waals surface area contributed by atoms with Crippen LogP contribution in [0.4, 0.5) is 4.79 Å². The molecule has 0 saturated heterocycles. The van der Waals surface area contributed by atoms with Crippen molar-refractivity contribution in [1.29, 1.82) is 5.26 Å². The second-order valence-electron chi connectivity index (χ2n) is 1.87. The van der Waals surface area contributed by atoms with Crippen LogP contribution < -0.4 is 0 Å². The Morgan fingerprint density at radius 3 is 2.42 bits per heavy atom. The van der Waals surface area contributed by atoms with E-state index in [9.17, 15) is 9.59 Å². The molecule has 0 radical (unpaired) electrons. The molecule has 12 heavy (non-hydrogen) atoms. The van der Waals surface area contributed by atoms with Crippen molar-refractivity contribution in [3.63, 3.8) is 0 Å². The summed E-state index contributed by atoms with van der Waals surface area (Å²) in [5, 5.41) is 8.14. The molecule has 0 saturated carbocycles. The molecule has 0 aliphatic rings. The van der Waals surface area contributed by atoms with E-state index in [1.165, 1.54) is 7.05 Å². The summed E-state index contributed by atoms with van der Waals surface area (Å²) >= 11 is 0. The molecular formula is C6H9ClN2O3. The maximum absolute atomic E-state index is 10.7. The van der Waals surface area contributed by atoms with Gasteiger partial charge in [0.15, 0.2) is 0 Å². The number of nitriles is 1. The highest BCUT2D eigenvalue weighted by Gasteiger charge is 2.10. The van der Waals surface area contributed by atoms with Crippen molar-refractivity contribution in [2.75, 3.05) is 13.6 Å². The third-order valence-corrected chi connectivity index (χ3v) is 0.851. The summed E-state index contributed by atoms with van der Waals surface area (Å²) in [7, 11) is 1.37. The van der Waals surface area contributed by atoms with E-state index in [4.69, 9.17) is 5.26 Å². The van der Waals surface area contributed by atoms with Crippen LogP contribution in [0.5, 0.6) is 0 Å². The Labute approximate surface area is 76.3 Å². The fraction of sp³-hybridized carbons (Fsp3) is 0.500. The number of ether oxygens (including phenoxy) is 1. The van der Waals surface area contributed by atoms with Gasteiger partial charge in [-0.15, -0.1) is 12.4 Å². The molecule has 0 rings (SSSR count). The zero-order valence-corrected chi connectivity index (χ0v) is 7.55. The van der Waals surface area contributed by atoms with E-state index < -0.39 is 12.1 Å². The van der Waals surface area contributed by atoms with Crippen LogP contribution in [-0.4, -0.2) is 30.6 Å². The molecule has 68 valence electrons. The van der Waals surface area contributed by atoms with Crippen molar-refractivity contribution < 1.29 is 14.3 Å². The number of esters is 1. The first-order valence-corrected chi connectivity index (χ1v) is 2.88. The van der Waals surface area contributed by atoms with Gasteiger partial charge in [-0.25, -0.2) is 4.79 Å². The van der Waals surface area contributed by atoms with Crippen LogP contribution in [-0.2, 0) is 9.53 Å². The van der Waals surface area contributed by atoms with Gasteiger partial charge in [0.25, 0.3) is 0 Å². The van der Waals surface area contributed by atoms with E-state index in [0.29, 0.717) is 0 Å². The van der Waals surface area contributed by atoms with Crippen molar-refractivity contribution in [3.05, 3.63) is 0 Å². The van der Waals surface area contributed by atoms with Crippen molar-refractivity contribution in [2.24, 2.45) is 0 Å². The summed E-state index contributed by atoms with van der Waals surface area (Å²) in [5.41, 5.74) is 0. The number of amides is 1. The average Bonchev–Trinajstić information content (AvgIpc) is 1.86. The number of nitrogens with zero attached hydrogens (tertiary/aromatic N) is 2. The van der Waals surface area contributed by atoms with Crippen molar-refractivity contribution in [2.45, 2.75) is 6.92 Å². The Morgan fingerprint density at radius 2 is 2.08 bits per heavy atom. The van der Waals surface area contributed by atoms with Crippen LogP contribution in [0.3, 0.4) is 0 Å². The molecule has 0 aliphatic carbocycles. The Morgan fingerprint density at radius 1 is 1.58 bits per heavy atom. The second-order valence-corrected chi connectivity index (χ2v) is 1.87. The monoisotopic (exact) mass is 192 g/mol. The topological polar surface area (TPSA) is 70.4 Å². The standard InChI is InChI=1S/C6H8N2O3.ClH/c1-5(9)11-6(10)8(2)4-3-7;/h4H2,1-2H3;1H. The zero-order valence-electron chi connectivity index (χ0n) is 6.73. The maximum atomic E-state index is 10.7. The molecule has 1 amide bonds. The van der Waals surface area contributed by atoms with E-state index in [1.807, 2.05) is 0 Å². The Bertz CT molecular complexity index is 211. The molecule has 0 aromatic rings. The molecule has 0 fully saturated rings. The van der Waals surface area contributed by atoms with E-state index in [2.05, 4.69) is 4.74 Å². The first-order chi connectivity index (χ1) is 5.07. The fourth-order valence-electron chi connectivity index (χ4n) is 0.371. The van der Waals surface area contributed by atoms with Gasteiger partial charge in [0.1, 0.15) is 6.54 Å². The van der Waals surface area contributed by atoms with E-state index >= 15 is 0 Å². The zero-order chi connectivity index (χ0) is 8.85. The highest BCUT2D eigenvalue weighted by Crippen LogP contribution is 1.88. The molecule has 5 nitrogen and oxygen atoms in total. The van der Waals surface area contributed by atoms with Crippen LogP contribution in [0.15, 0.2) is 0 Å². The fourth-order valence-corrected chi connectivity index (χ4v) is 0.371. The summed E-state index contributed by atoms with van der Waals surface area (Å²) in [6, 6.07) is 1.74. The summed E-state index contributed by atoms with van der Waals surface area (Å²) in [6.45, 7) is 1.03. The van der Waals surface area contributed by atoms with Gasteiger partial charge in [-0.3, -0.25) is 9.69 Å². The number of hydrogen-bond donors (Lipinski definition) is 0. The lowest BCUT2D eigenvalue weighted by Gasteiger charge is -2.09. The van der Waals surface area contributed by atoms with E-state index in [0.717, 1.165) is 11.8 Å². The number of carbonyl (C=O) groups excluding carboxylic acids is 2. The van der Waals surface area contributed by atoms with Crippen molar-refractivity contribution in [1.82, 2.24) is 4.90 Å². The van der Waals surface area contributed by atoms with Gasteiger partial charge >= 0.3 is 12.1 Å². The predicted octanol–water partition coefficient (Wildman–Crippen LogP) is 0.547. The Kier molecular flexibility index (Phi) is 7.14. The Hall–Kier alpha value is -1.28. The molecule has 6 heteroatoms. The smallest absolute Gasteiger partial charge is 0.376 e. The summed E-state index contributed by atoms with van der Waals surface area (Å²) in [4.78, 5) is 21.9. The number of rotatable bonds is 1. The van der Waals surface area contributed by atoms with Gasteiger partial charge < -0.3 is 4.74 Å². The molecule has 0 aliphatic heterocycles. The van der Waals surface area contributed by atoms with Gasteiger partial charge in [-0.2, -0.15) is 5.26 Å². The van der Waals surface area contributed by atoms with E-state index in [1.54, 1.807) is 6.07 Å². The normalized spacial score (nSPS) is 7.42. The van der Waals surface area contributed by atoms with E-state index in [-0.39, 0.29) is 19.0 Å². The van der Waals surface area contributed by atoms with Crippen LogP contribution in [0, 0.1) is 11.3 Å². The molecule has 0 bridgehead atoms. The third-order valence-electron chi connectivity index (χ3n) is 0.851. The molecule has 0 atom stereocenters. The molecule has 0 spiro atoms. The molecular weight excluding hydrogens is 184 g/mol. The first-order valence-electron chi connectivity index (χ1n) is 2.88. The highest BCUT2D eigenvalue weighted by molar-refractivity contribution is 5.85. The summed E-state index contributed by atoms with van der Waals surface area (Å²) < 4.78 is 4.16. The van der Waals surface area contributed by atoms with Gasteiger partial charge in [0.2, 0.25) is 0 Å². The highest BCUT2D eigenvalue weighted by atomic mass is 35.5. The van der Waals surface area contributed by atoms with Gasteiger partial charge in [0, 0.05) is 14.0 Å². The predicted molar refractivity (Wildman–Crippen MR) is 42.7 cm³/mol. The van der Waals surface area contributed by atoms with Crippen molar-refractivity contribution >= 4 is 24.5 Å². The lowest BCUT2D eigenvalue weighted by atomic mass is 10.6. The van der Waals surface area contributed by atoms with Crippen LogP contribution in [0.2, 0.25) is 0 Å². The minimum atomic E-state index is -0.806. The summed E-state index contributed by atoms with van der Waals surface area (Å²) in [5.74, 6) is -0.681. The minimum absolute atomic E-state index is 0. The SMILES string of the molecule is CC(=O)OC(=O)N(C)CC#N.Cl. The summed E-state index contributed by atoms with van der Waals surface area (Å²) in [6.07, 6.45) is -0.806. The molecule has 0 heterocycles. The van der Waals surface area contributed by atoms with Gasteiger partial charge in [-0.1, -0.05) is 0 Å². The third kappa shape index (κ3) is 5.50. The maximum Gasteiger partial charge on any atom is 0.418 e. The lowest BCUT2D eigenvalue weighted by Crippen LogP contribution is -2.28. The molecule has 0 unspecified atom stereocenters. The number of carbonyl (C=O) groups is 2. The first kappa shape index (κ1) is 13.3. The number of halogens is 1. The molecule has 0 N–H and O–H groups in total. The average molecular weight is 193 g/mol. The number of hydrogen-bond acceptors (Lipinski definition) is 4. The van der Waals surface area contributed by atoms with Gasteiger partial charge in [0.05, 0.1) is 6.07 Å². The largest absolute Gasteiger partial charge is 0.418 e. The Balaban J connectivity index is 0. The lowest BCUT2D eigenvalue weighted by molar-refractivity contribution is -0.135. The molecule has 0 aromatic carbocycles. The second kappa shape index (κ2) is 6.43. The van der Waals surface area contributed by atoms with Gasteiger partial charge in [-0.05, 0) is 0 Å². The minimum Gasteiger partial charge on any atom is -0.376 e.